The lowest BCUT2D eigenvalue weighted by molar-refractivity contribution is 0.135. The molecule has 27 heavy (non-hydrogen) atoms. The standard InChI is InChI=1S/C21H26FN3O2/c22-19-5-1-3-18(15-19)16-24-11-13-25(14-12-24)21(27)23-10-2-4-17-6-8-20(26)9-7-17/h1,3,5-9,15,26H,2,4,10-14,16H2,(H,23,27). The van der Waals surface area contributed by atoms with Gasteiger partial charge in [-0.2, -0.15) is 0 Å². The minimum Gasteiger partial charge on any atom is -0.508 e. The largest absolute Gasteiger partial charge is 0.508 e. The van der Waals surface area contributed by atoms with E-state index in [-0.39, 0.29) is 17.6 Å². The molecule has 3 rings (SSSR count). The van der Waals surface area contributed by atoms with Crippen molar-refractivity contribution in [2.24, 2.45) is 0 Å². The van der Waals surface area contributed by atoms with Crippen LogP contribution in [0.5, 0.6) is 5.75 Å². The molecule has 0 saturated carbocycles. The van der Waals surface area contributed by atoms with Gasteiger partial charge in [0.05, 0.1) is 0 Å². The van der Waals surface area contributed by atoms with Crippen molar-refractivity contribution < 1.29 is 14.3 Å². The molecule has 0 spiro atoms. The van der Waals surface area contributed by atoms with Gasteiger partial charge in [-0.1, -0.05) is 24.3 Å². The number of phenols is 1. The topological polar surface area (TPSA) is 55.8 Å². The zero-order valence-electron chi connectivity index (χ0n) is 15.4. The van der Waals surface area contributed by atoms with Crippen LogP contribution in [-0.4, -0.2) is 53.7 Å². The van der Waals surface area contributed by atoms with Gasteiger partial charge in [-0.05, 0) is 48.2 Å². The summed E-state index contributed by atoms with van der Waals surface area (Å²) < 4.78 is 13.3. The number of carbonyl (C=O) groups excluding carboxylic acids is 1. The third kappa shape index (κ3) is 5.96. The molecule has 0 bridgehead atoms. The number of hydrogen-bond acceptors (Lipinski definition) is 3. The molecule has 2 aromatic carbocycles. The van der Waals surface area contributed by atoms with Crippen LogP contribution >= 0.6 is 0 Å². The summed E-state index contributed by atoms with van der Waals surface area (Å²) in [4.78, 5) is 16.4. The second-order valence-electron chi connectivity index (χ2n) is 6.90. The van der Waals surface area contributed by atoms with Crippen LogP contribution in [0.15, 0.2) is 48.5 Å². The highest BCUT2D eigenvalue weighted by atomic mass is 19.1. The van der Waals surface area contributed by atoms with Gasteiger partial charge in [0.1, 0.15) is 11.6 Å². The lowest BCUT2D eigenvalue weighted by Gasteiger charge is -2.34. The smallest absolute Gasteiger partial charge is 0.317 e. The first-order valence-electron chi connectivity index (χ1n) is 9.37. The average Bonchev–Trinajstić information content (AvgIpc) is 2.67. The Morgan fingerprint density at radius 3 is 2.48 bits per heavy atom. The molecule has 0 unspecified atom stereocenters. The molecule has 2 N–H and O–H groups in total. The number of aromatic hydroxyl groups is 1. The second kappa shape index (κ2) is 9.37. The van der Waals surface area contributed by atoms with E-state index in [0.29, 0.717) is 26.2 Å². The quantitative estimate of drug-likeness (QED) is 0.768. The Morgan fingerprint density at radius 2 is 1.78 bits per heavy atom. The summed E-state index contributed by atoms with van der Waals surface area (Å²) in [5.41, 5.74) is 2.11. The molecule has 1 saturated heterocycles. The van der Waals surface area contributed by atoms with Gasteiger partial charge in [-0.25, -0.2) is 9.18 Å². The van der Waals surface area contributed by atoms with Gasteiger partial charge in [0.15, 0.2) is 0 Å². The Labute approximate surface area is 159 Å². The van der Waals surface area contributed by atoms with Crippen molar-refractivity contribution in [1.82, 2.24) is 15.1 Å². The first-order chi connectivity index (χ1) is 13.1. The van der Waals surface area contributed by atoms with E-state index in [4.69, 9.17) is 0 Å². The lowest BCUT2D eigenvalue weighted by atomic mass is 10.1. The van der Waals surface area contributed by atoms with Crippen LogP contribution in [0.4, 0.5) is 9.18 Å². The molecule has 5 nitrogen and oxygen atoms in total. The number of carbonyl (C=O) groups is 1. The molecule has 1 heterocycles. The number of piperazine rings is 1. The van der Waals surface area contributed by atoms with Crippen LogP contribution in [-0.2, 0) is 13.0 Å². The molecular weight excluding hydrogens is 345 g/mol. The van der Waals surface area contributed by atoms with Gasteiger partial charge in [0.2, 0.25) is 0 Å². The molecule has 0 atom stereocenters. The van der Waals surface area contributed by atoms with Crippen LogP contribution in [0.1, 0.15) is 17.5 Å². The number of urea groups is 1. The van der Waals surface area contributed by atoms with E-state index in [1.54, 1.807) is 24.3 Å². The molecule has 144 valence electrons. The number of amides is 2. The maximum absolute atomic E-state index is 13.3. The zero-order valence-corrected chi connectivity index (χ0v) is 15.4. The predicted octanol–water partition coefficient (Wildman–Crippen LogP) is 2.99. The summed E-state index contributed by atoms with van der Waals surface area (Å²) in [5, 5.41) is 12.3. The minimum absolute atomic E-state index is 0.0221. The fraction of sp³-hybridized carbons (Fsp3) is 0.381. The Hall–Kier alpha value is -2.60. The second-order valence-corrected chi connectivity index (χ2v) is 6.90. The fourth-order valence-corrected chi connectivity index (χ4v) is 3.26. The van der Waals surface area contributed by atoms with Crippen molar-refractivity contribution in [3.05, 3.63) is 65.5 Å². The monoisotopic (exact) mass is 371 g/mol. The first-order valence-corrected chi connectivity index (χ1v) is 9.37. The normalized spacial score (nSPS) is 14.9. The predicted molar refractivity (Wildman–Crippen MR) is 103 cm³/mol. The zero-order chi connectivity index (χ0) is 19.1. The van der Waals surface area contributed by atoms with E-state index in [1.165, 1.54) is 6.07 Å². The lowest BCUT2D eigenvalue weighted by Crippen LogP contribution is -2.51. The van der Waals surface area contributed by atoms with Crippen molar-refractivity contribution >= 4 is 6.03 Å². The van der Waals surface area contributed by atoms with E-state index < -0.39 is 0 Å². The molecule has 0 aromatic heterocycles. The number of hydrogen-bond donors (Lipinski definition) is 2. The maximum atomic E-state index is 13.3. The molecule has 0 radical (unpaired) electrons. The summed E-state index contributed by atoms with van der Waals surface area (Å²) in [5.74, 6) is 0.0569. The summed E-state index contributed by atoms with van der Waals surface area (Å²) in [6.45, 7) is 4.27. The van der Waals surface area contributed by atoms with Crippen LogP contribution < -0.4 is 5.32 Å². The SMILES string of the molecule is O=C(NCCCc1ccc(O)cc1)N1CCN(Cc2cccc(F)c2)CC1. The van der Waals surface area contributed by atoms with Gasteiger partial charge < -0.3 is 15.3 Å². The molecule has 2 aromatic rings. The maximum Gasteiger partial charge on any atom is 0.317 e. The van der Waals surface area contributed by atoms with Crippen LogP contribution in [0, 0.1) is 5.82 Å². The number of nitrogens with zero attached hydrogens (tertiary/aromatic N) is 2. The van der Waals surface area contributed by atoms with Crippen molar-refractivity contribution in [3.63, 3.8) is 0 Å². The first kappa shape index (κ1) is 19.2. The van der Waals surface area contributed by atoms with Gasteiger partial charge in [0, 0.05) is 39.3 Å². The van der Waals surface area contributed by atoms with Gasteiger partial charge >= 0.3 is 6.03 Å². The number of benzene rings is 2. The Balaban J connectivity index is 1.34. The highest BCUT2D eigenvalue weighted by Gasteiger charge is 2.20. The summed E-state index contributed by atoms with van der Waals surface area (Å²) in [7, 11) is 0. The van der Waals surface area contributed by atoms with Gasteiger partial charge in [-0.3, -0.25) is 4.90 Å². The van der Waals surface area contributed by atoms with Gasteiger partial charge in [-0.15, -0.1) is 0 Å². The van der Waals surface area contributed by atoms with Crippen molar-refractivity contribution in [2.45, 2.75) is 19.4 Å². The van der Waals surface area contributed by atoms with E-state index >= 15 is 0 Å². The summed E-state index contributed by atoms with van der Waals surface area (Å²) >= 11 is 0. The Bertz CT molecular complexity index is 743. The summed E-state index contributed by atoms with van der Waals surface area (Å²) in [6, 6.07) is 13.8. The molecular formula is C21H26FN3O2. The van der Waals surface area contributed by atoms with E-state index in [9.17, 15) is 14.3 Å². The number of rotatable bonds is 6. The molecule has 1 aliphatic rings. The Kier molecular flexibility index (Phi) is 6.65. The minimum atomic E-state index is -0.210. The Morgan fingerprint density at radius 1 is 1.04 bits per heavy atom. The van der Waals surface area contributed by atoms with Gasteiger partial charge in [0.25, 0.3) is 0 Å². The summed E-state index contributed by atoms with van der Waals surface area (Å²) in [6.07, 6.45) is 1.72. The molecule has 0 aliphatic carbocycles. The highest BCUT2D eigenvalue weighted by molar-refractivity contribution is 5.74. The number of phenolic OH excluding ortho intramolecular Hbond substituents is 1. The average molecular weight is 371 g/mol. The molecule has 1 fully saturated rings. The number of halogens is 1. The van der Waals surface area contributed by atoms with Crippen molar-refractivity contribution in [1.29, 1.82) is 0 Å². The third-order valence-corrected chi connectivity index (χ3v) is 4.81. The number of aryl methyl sites for hydroxylation is 1. The third-order valence-electron chi connectivity index (χ3n) is 4.81. The van der Waals surface area contributed by atoms with E-state index in [2.05, 4.69) is 10.2 Å². The molecule has 6 heteroatoms. The number of nitrogens with one attached hydrogen (secondary N) is 1. The van der Waals surface area contributed by atoms with E-state index in [1.807, 2.05) is 23.1 Å². The van der Waals surface area contributed by atoms with Crippen molar-refractivity contribution in [2.75, 3.05) is 32.7 Å². The fourth-order valence-electron chi connectivity index (χ4n) is 3.26. The van der Waals surface area contributed by atoms with E-state index in [0.717, 1.165) is 37.1 Å². The highest BCUT2D eigenvalue weighted by Crippen LogP contribution is 2.12. The molecule has 2 amide bonds. The van der Waals surface area contributed by atoms with Crippen LogP contribution in [0.3, 0.4) is 0 Å². The molecule has 1 aliphatic heterocycles. The van der Waals surface area contributed by atoms with Crippen LogP contribution in [0.2, 0.25) is 0 Å². The van der Waals surface area contributed by atoms with Crippen LogP contribution in [0.25, 0.3) is 0 Å². The van der Waals surface area contributed by atoms with Crippen molar-refractivity contribution in [3.8, 4) is 5.75 Å².